The molecule has 1 heteroatoms. The quantitative estimate of drug-likeness (QED) is 0.688. The van der Waals surface area contributed by atoms with Crippen molar-refractivity contribution in [1.82, 2.24) is 0 Å². The average molecular weight is 173 g/mol. The summed E-state index contributed by atoms with van der Waals surface area (Å²) in [5, 5.41) is 8.71. The maximum absolute atomic E-state index is 8.71. The van der Waals surface area contributed by atoms with Crippen LogP contribution in [0.2, 0.25) is 0 Å². The highest BCUT2D eigenvalue weighted by atomic mass is 14.3. The van der Waals surface area contributed by atoms with Gasteiger partial charge < -0.3 is 0 Å². The molecule has 0 saturated carbocycles. The third-order valence-corrected chi connectivity index (χ3v) is 2.21. The van der Waals surface area contributed by atoms with Gasteiger partial charge in [-0.3, -0.25) is 0 Å². The molecule has 0 bridgehead atoms. The van der Waals surface area contributed by atoms with Gasteiger partial charge in [0, 0.05) is 0 Å². The first-order valence-electron chi connectivity index (χ1n) is 4.76. The van der Waals surface area contributed by atoms with E-state index in [9.17, 15) is 0 Å². The van der Waals surface area contributed by atoms with Crippen LogP contribution < -0.4 is 0 Å². The lowest BCUT2D eigenvalue weighted by Gasteiger charge is -2.03. The zero-order chi connectivity index (χ0) is 9.68. The van der Waals surface area contributed by atoms with Crippen LogP contribution in [0.25, 0.3) is 0 Å². The van der Waals surface area contributed by atoms with Gasteiger partial charge in [0.25, 0.3) is 0 Å². The summed E-state index contributed by atoms with van der Waals surface area (Å²) in [6.45, 7) is 4.10. The van der Waals surface area contributed by atoms with Crippen LogP contribution >= 0.6 is 0 Å². The summed E-state index contributed by atoms with van der Waals surface area (Å²) in [6, 6.07) is 10.6. The minimum atomic E-state index is 0.00989. The van der Waals surface area contributed by atoms with Crippen LogP contribution in [0.5, 0.6) is 0 Å². The fraction of sp³-hybridized carbons (Fsp3) is 0.417. The normalized spacial score (nSPS) is 12.1. The van der Waals surface area contributed by atoms with Crippen molar-refractivity contribution in [3.05, 3.63) is 35.4 Å². The van der Waals surface area contributed by atoms with E-state index in [2.05, 4.69) is 37.3 Å². The van der Waals surface area contributed by atoms with Crippen LogP contribution in [0.1, 0.15) is 37.3 Å². The molecule has 1 nitrogen and oxygen atoms in total. The van der Waals surface area contributed by atoms with Crippen molar-refractivity contribution in [3.63, 3.8) is 0 Å². The van der Waals surface area contributed by atoms with Crippen LogP contribution in [0.4, 0.5) is 0 Å². The molecule has 0 radical (unpaired) electrons. The number of nitrogens with zero attached hydrogens (tertiary/aromatic N) is 1. The summed E-state index contributed by atoms with van der Waals surface area (Å²) in [5.41, 5.74) is 2.47. The Bertz CT molecular complexity index is 292. The van der Waals surface area contributed by atoms with E-state index >= 15 is 0 Å². The van der Waals surface area contributed by atoms with E-state index in [4.69, 9.17) is 5.26 Å². The van der Waals surface area contributed by atoms with E-state index in [1.807, 2.05) is 6.92 Å². The standard InChI is InChI=1S/C12H15N/c1-3-4-11-5-7-12(8-6-11)10(2)9-13/h5-8,10H,3-4H2,1-2H3. The number of nitriles is 1. The van der Waals surface area contributed by atoms with Crippen molar-refractivity contribution in [1.29, 1.82) is 5.26 Å². The second kappa shape index (κ2) is 4.67. The van der Waals surface area contributed by atoms with Gasteiger partial charge in [-0.25, -0.2) is 0 Å². The Labute approximate surface area is 80.0 Å². The third kappa shape index (κ3) is 2.59. The van der Waals surface area contributed by atoms with Crippen LogP contribution in [0, 0.1) is 11.3 Å². The van der Waals surface area contributed by atoms with Gasteiger partial charge in [0.1, 0.15) is 0 Å². The molecule has 0 heterocycles. The number of hydrogen-bond donors (Lipinski definition) is 0. The van der Waals surface area contributed by atoms with Gasteiger partial charge in [-0.15, -0.1) is 0 Å². The van der Waals surface area contributed by atoms with Gasteiger partial charge >= 0.3 is 0 Å². The van der Waals surface area contributed by atoms with Gasteiger partial charge in [0.15, 0.2) is 0 Å². The molecule has 0 fully saturated rings. The maximum atomic E-state index is 8.71. The van der Waals surface area contributed by atoms with E-state index in [-0.39, 0.29) is 5.92 Å². The molecular weight excluding hydrogens is 158 g/mol. The van der Waals surface area contributed by atoms with Gasteiger partial charge in [0.05, 0.1) is 12.0 Å². The van der Waals surface area contributed by atoms with Crippen LogP contribution in [0.15, 0.2) is 24.3 Å². The van der Waals surface area contributed by atoms with E-state index in [1.54, 1.807) is 0 Å². The fourth-order valence-corrected chi connectivity index (χ4v) is 1.34. The van der Waals surface area contributed by atoms with Crippen LogP contribution in [-0.2, 0) is 6.42 Å². The van der Waals surface area contributed by atoms with Crippen molar-refractivity contribution in [2.24, 2.45) is 0 Å². The molecule has 68 valence electrons. The van der Waals surface area contributed by atoms with Gasteiger partial charge in [0.2, 0.25) is 0 Å². The number of hydrogen-bond acceptors (Lipinski definition) is 1. The van der Waals surface area contributed by atoms with Crippen LogP contribution in [0.3, 0.4) is 0 Å². The third-order valence-electron chi connectivity index (χ3n) is 2.21. The topological polar surface area (TPSA) is 23.8 Å². The highest BCUT2D eigenvalue weighted by molar-refractivity contribution is 5.28. The Morgan fingerprint density at radius 1 is 1.31 bits per heavy atom. The summed E-state index contributed by atoms with van der Waals surface area (Å²) < 4.78 is 0. The van der Waals surface area contributed by atoms with E-state index < -0.39 is 0 Å². The second-order valence-corrected chi connectivity index (χ2v) is 3.34. The molecule has 1 rings (SSSR count). The summed E-state index contributed by atoms with van der Waals surface area (Å²) in [6.07, 6.45) is 2.30. The minimum absolute atomic E-state index is 0.00989. The molecule has 0 spiro atoms. The predicted octanol–water partition coefficient (Wildman–Crippen LogP) is 3.27. The van der Waals surface area contributed by atoms with Crippen molar-refractivity contribution in [2.45, 2.75) is 32.6 Å². The first kappa shape index (κ1) is 9.80. The SMILES string of the molecule is CCCc1ccc(C(C)C#N)cc1. The molecule has 1 unspecified atom stereocenters. The Morgan fingerprint density at radius 3 is 2.38 bits per heavy atom. The second-order valence-electron chi connectivity index (χ2n) is 3.34. The molecule has 0 aliphatic rings. The largest absolute Gasteiger partial charge is 0.198 e. The van der Waals surface area contributed by atoms with Gasteiger partial charge in [-0.05, 0) is 24.5 Å². The Hall–Kier alpha value is -1.29. The molecule has 0 saturated heterocycles. The molecular formula is C12H15N. The highest BCUT2D eigenvalue weighted by Gasteiger charge is 2.02. The number of rotatable bonds is 3. The average Bonchev–Trinajstić information content (AvgIpc) is 2.18. The van der Waals surface area contributed by atoms with Crippen LogP contribution in [-0.4, -0.2) is 0 Å². The summed E-state index contributed by atoms with van der Waals surface area (Å²) in [4.78, 5) is 0. The summed E-state index contributed by atoms with van der Waals surface area (Å²) >= 11 is 0. The zero-order valence-electron chi connectivity index (χ0n) is 8.25. The van der Waals surface area contributed by atoms with Gasteiger partial charge in [-0.2, -0.15) is 5.26 Å². The predicted molar refractivity (Wildman–Crippen MR) is 54.5 cm³/mol. The molecule has 0 aliphatic carbocycles. The maximum Gasteiger partial charge on any atom is 0.0700 e. The monoisotopic (exact) mass is 173 g/mol. The lowest BCUT2D eigenvalue weighted by molar-refractivity contribution is 0.915. The molecule has 1 aromatic rings. The summed E-state index contributed by atoms with van der Waals surface area (Å²) in [5.74, 6) is 0.00989. The smallest absolute Gasteiger partial charge is 0.0700 e. The molecule has 0 aliphatic heterocycles. The lowest BCUT2D eigenvalue weighted by atomic mass is 10.00. The van der Waals surface area contributed by atoms with Crippen molar-refractivity contribution in [2.75, 3.05) is 0 Å². The molecule has 0 N–H and O–H groups in total. The van der Waals surface area contributed by atoms with E-state index in [0.717, 1.165) is 12.0 Å². The molecule has 0 aromatic heterocycles. The first-order chi connectivity index (χ1) is 6.27. The summed E-state index contributed by atoms with van der Waals surface area (Å²) in [7, 11) is 0. The lowest BCUT2D eigenvalue weighted by Crippen LogP contribution is -1.90. The fourth-order valence-electron chi connectivity index (χ4n) is 1.34. The zero-order valence-corrected chi connectivity index (χ0v) is 8.25. The molecule has 13 heavy (non-hydrogen) atoms. The Balaban J connectivity index is 2.76. The van der Waals surface area contributed by atoms with Crippen molar-refractivity contribution < 1.29 is 0 Å². The molecule has 0 amide bonds. The van der Waals surface area contributed by atoms with Crippen molar-refractivity contribution in [3.8, 4) is 6.07 Å². The number of benzene rings is 1. The Kier molecular flexibility index (Phi) is 3.52. The molecule has 1 aromatic carbocycles. The molecule has 1 atom stereocenters. The van der Waals surface area contributed by atoms with Crippen molar-refractivity contribution >= 4 is 0 Å². The van der Waals surface area contributed by atoms with E-state index in [0.29, 0.717) is 0 Å². The highest BCUT2D eigenvalue weighted by Crippen LogP contribution is 2.15. The Morgan fingerprint density at radius 2 is 1.92 bits per heavy atom. The number of aryl methyl sites for hydroxylation is 1. The van der Waals surface area contributed by atoms with E-state index in [1.165, 1.54) is 12.0 Å². The minimum Gasteiger partial charge on any atom is -0.198 e. The van der Waals surface area contributed by atoms with Gasteiger partial charge in [-0.1, -0.05) is 37.6 Å². The first-order valence-corrected chi connectivity index (χ1v) is 4.76.